The molecule has 0 bridgehead atoms. The third-order valence-electron chi connectivity index (χ3n) is 7.72. The lowest BCUT2D eigenvalue weighted by molar-refractivity contribution is -0.125. The molecular weight excluding hydrogens is 472 g/mol. The molecule has 2 amide bonds. The van der Waals surface area contributed by atoms with Crippen molar-refractivity contribution in [1.82, 2.24) is 20.1 Å². The predicted molar refractivity (Wildman–Crippen MR) is 153 cm³/mol. The van der Waals surface area contributed by atoms with E-state index in [4.69, 9.17) is 0 Å². The van der Waals surface area contributed by atoms with Gasteiger partial charge in [0.25, 0.3) is 5.91 Å². The SMILES string of the molecule is CCN(CC)CCCNC(=O)C(C)N1C(=O)c2ccccc2C1c1c(-c2ccccc2)[nH]c2ccccc12. The second-order valence-corrected chi connectivity index (χ2v) is 9.87. The summed E-state index contributed by atoms with van der Waals surface area (Å²) in [6, 6.07) is 25.1. The van der Waals surface area contributed by atoms with Crippen LogP contribution in [-0.2, 0) is 4.79 Å². The Hall–Kier alpha value is -3.90. The number of carbonyl (C=O) groups is 2. The maximum Gasteiger partial charge on any atom is 0.255 e. The average molecular weight is 509 g/mol. The van der Waals surface area contributed by atoms with Gasteiger partial charge in [0, 0.05) is 28.6 Å². The van der Waals surface area contributed by atoms with Crippen LogP contribution in [0.3, 0.4) is 0 Å². The minimum absolute atomic E-state index is 0.110. The molecule has 5 rings (SSSR count). The Morgan fingerprint density at radius 1 is 0.974 bits per heavy atom. The topological polar surface area (TPSA) is 68.4 Å². The van der Waals surface area contributed by atoms with Crippen molar-refractivity contribution in [3.05, 3.63) is 95.6 Å². The van der Waals surface area contributed by atoms with E-state index in [1.807, 2.05) is 61.5 Å². The molecule has 38 heavy (non-hydrogen) atoms. The summed E-state index contributed by atoms with van der Waals surface area (Å²) in [5, 5.41) is 4.15. The van der Waals surface area contributed by atoms with Gasteiger partial charge >= 0.3 is 0 Å². The Balaban J connectivity index is 1.53. The van der Waals surface area contributed by atoms with Crippen molar-refractivity contribution in [3.8, 4) is 11.3 Å². The van der Waals surface area contributed by atoms with Crippen molar-refractivity contribution in [2.24, 2.45) is 0 Å². The molecule has 2 atom stereocenters. The molecule has 3 aromatic carbocycles. The van der Waals surface area contributed by atoms with Crippen molar-refractivity contribution in [2.45, 2.75) is 39.3 Å². The van der Waals surface area contributed by atoms with Crippen LogP contribution in [0.4, 0.5) is 0 Å². The number of rotatable bonds is 10. The number of fused-ring (bicyclic) bond motifs is 2. The number of hydrogen-bond donors (Lipinski definition) is 2. The minimum atomic E-state index is -0.634. The fourth-order valence-corrected chi connectivity index (χ4v) is 5.64. The third-order valence-corrected chi connectivity index (χ3v) is 7.72. The lowest BCUT2D eigenvalue weighted by atomic mass is 9.92. The van der Waals surface area contributed by atoms with E-state index in [1.54, 1.807) is 4.90 Å². The second kappa shape index (κ2) is 11.2. The van der Waals surface area contributed by atoms with E-state index in [1.165, 1.54) is 0 Å². The number of aromatic nitrogens is 1. The van der Waals surface area contributed by atoms with Crippen molar-refractivity contribution >= 4 is 22.7 Å². The van der Waals surface area contributed by atoms with Crippen LogP contribution in [0.15, 0.2) is 78.9 Å². The van der Waals surface area contributed by atoms with Gasteiger partial charge in [-0.25, -0.2) is 0 Å². The number of H-pyrrole nitrogens is 1. The first-order valence-electron chi connectivity index (χ1n) is 13.6. The van der Waals surface area contributed by atoms with Gasteiger partial charge in [0.05, 0.1) is 11.7 Å². The highest BCUT2D eigenvalue weighted by Crippen LogP contribution is 2.46. The summed E-state index contributed by atoms with van der Waals surface area (Å²) in [7, 11) is 0. The Morgan fingerprint density at radius 2 is 1.66 bits per heavy atom. The van der Waals surface area contributed by atoms with Crippen molar-refractivity contribution in [2.75, 3.05) is 26.2 Å². The van der Waals surface area contributed by atoms with Gasteiger partial charge in [-0.15, -0.1) is 0 Å². The van der Waals surface area contributed by atoms with Crippen LogP contribution >= 0.6 is 0 Å². The average Bonchev–Trinajstić information content (AvgIpc) is 3.48. The van der Waals surface area contributed by atoms with Crippen molar-refractivity contribution < 1.29 is 9.59 Å². The summed E-state index contributed by atoms with van der Waals surface area (Å²) in [5.41, 5.74) is 5.63. The van der Waals surface area contributed by atoms with Gasteiger partial charge in [-0.05, 0) is 56.2 Å². The highest BCUT2D eigenvalue weighted by molar-refractivity contribution is 6.04. The van der Waals surface area contributed by atoms with Gasteiger partial charge in [-0.3, -0.25) is 9.59 Å². The van der Waals surface area contributed by atoms with E-state index in [0.717, 1.165) is 59.3 Å². The number of carbonyl (C=O) groups excluding carboxylic acids is 2. The first-order valence-corrected chi connectivity index (χ1v) is 13.6. The van der Waals surface area contributed by atoms with Gasteiger partial charge in [0.15, 0.2) is 0 Å². The molecule has 2 heterocycles. The summed E-state index contributed by atoms with van der Waals surface area (Å²) in [5.74, 6) is -0.238. The van der Waals surface area contributed by atoms with E-state index in [0.29, 0.717) is 12.1 Å². The molecule has 196 valence electrons. The Labute approximate surface area is 224 Å². The monoisotopic (exact) mass is 508 g/mol. The highest BCUT2D eigenvalue weighted by Gasteiger charge is 2.44. The van der Waals surface area contributed by atoms with Gasteiger partial charge in [-0.1, -0.05) is 80.6 Å². The Bertz CT molecular complexity index is 1420. The molecule has 1 aliphatic heterocycles. The molecule has 0 aliphatic carbocycles. The van der Waals surface area contributed by atoms with Crippen LogP contribution in [0, 0.1) is 0 Å². The van der Waals surface area contributed by atoms with Crippen LogP contribution in [0.25, 0.3) is 22.2 Å². The zero-order valence-electron chi connectivity index (χ0n) is 22.4. The Kier molecular flexibility index (Phi) is 7.61. The summed E-state index contributed by atoms with van der Waals surface area (Å²) in [6.07, 6.45) is 0.873. The number of para-hydroxylation sites is 1. The molecule has 2 N–H and O–H groups in total. The zero-order chi connectivity index (χ0) is 26.6. The maximum absolute atomic E-state index is 13.9. The summed E-state index contributed by atoms with van der Waals surface area (Å²) in [4.78, 5) is 35.0. The number of hydrogen-bond acceptors (Lipinski definition) is 3. The molecular formula is C32H36N4O2. The predicted octanol–water partition coefficient (Wildman–Crippen LogP) is 5.62. The number of amides is 2. The van der Waals surface area contributed by atoms with Crippen LogP contribution < -0.4 is 5.32 Å². The van der Waals surface area contributed by atoms with Crippen LogP contribution in [0.5, 0.6) is 0 Å². The molecule has 0 radical (unpaired) electrons. The fraction of sp³-hybridized carbons (Fsp3) is 0.312. The van der Waals surface area contributed by atoms with Gasteiger partial charge < -0.3 is 20.1 Å². The maximum atomic E-state index is 13.9. The zero-order valence-corrected chi connectivity index (χ0v) is 22.4. The van der Waals surface area contributed by atoms with Crippen molar-refractivity contribution in [3.63, 3.8) is 0 Å². The molecule has 6 heteroatoms. The van der Waals surface area contributed by atoms with Gasteiger partial charge in [0.2, 0.25) is 5.91 Å². The summed E-state index contributed by atoms with van der Waals surface area (Å²) >= 11 is 0. The van der Waals surface area contributed by atoms with E-state index in [2.05, 4.69) is 53.3 Å². The lowest BCUT2D eigenvalue weighted by Crippen LogP contribution is -2.47. The standard InChI is InChI=1S/C32H36N4O2/c1-4-35(5-2)21-13-20-33-31(37)22(3)36-30(24-16-9-10-17-25(24)32(36)38)28-26-18-11-12-19-27(26)34-29(28)23-14-7-6-8-15-23/h6-12,14-19,22,30,34H,4-5,13,20-21H2,1-3H3,(H,33,37). The first kappa shape index (κ1) is 25.7. The molecule has 6 nitrogen and oxygen atoms in total. The number of benzene rings is 3. The molecule has 1 aromatic heterocycles. The van der Waals surface area contributed by atoms with Gasteiger partial charge in [-0.2, -0.15) is 0 Å². The highest BCUT2D eigenvalue weighted by atomic mass is 16.2. The number of aromatic amines is 1. The minimum Gasteiger partial charge on any atom is -0.354 e. The van der Waals surface area contributed by atoms with E-state index >= 15 is 0 Å². The van der Waals surface area contributed by atoms with E-state index < -0.39 is 6.04 Å². The molecule has 1 aliphatic rings. The van der Waals surface area contributed by atoms with Crippen molar-refractivity contribution in [1.29, 1.82) is 0 Å². The Morgan fingerprint density at radius 3 is 2.42 bits per heavy atom. The molecule has 2 unspecified atom stereocenters. The van der Waals surface area contributed by atoms with Crippen LogP contribution in [0.2, 0.25) is 0 Å². The van der Waals surface area contributed by atoms with E-state index in [-0.39, 0.29) is 17.9 Å². The third kappa shape index (κ3) is 4.72. The van der Waals surface area contributed by atoms with Crippen LogP contribution in [-0.4, -0.2) is 58.8 Å². The lowest BCUT2D eigenvalue weighted by Gasteiger charge is -2.31. The summed E-state index contributed by atoms with van der Waals surface area (Å²) < 4.78 is 0. The molecule has 4 aromatic rings. The van der Waals surface area contributed by atoms with E-state index in [9.17, 15) is 9.59 Å². The molecule has 0 fully saturated rings. The molecule has 0 saturated carbocycles. The molecule has 0 spiro atoms. The quantitative estimate of drug-likeness (QED) is 0.273. The second-order valence-electron chi connectivity index (χ2n) is 9.87. The number of nitrogens with zero attached hydrogens (tertiary/aromatic N) is 2. The smallest absolute Gasteiger partial charge is 0.255 e. The van der Waals surface area contributed by atoms with Crippen LogP contribution in [0.1, 0.15) is 54.7 Å². The fourth-order valence-electron chi connectivity index (χ4n) is 5.64. The molecule has 0 saturated heterocycles. The summed E-state index contributed by atoms with van der Waals surface area (Å²) in [6.45, 7) is 9.66. The largest absolute Gasteiger partial charge is 0.354 e. The first-order chi connectivity index (χ1) is 18.5. The number of nitrogens with one attached hydrogen (secondary N) is 2. The van der Waals surface area contributed by atoms with Gasteiger partial charge in [0.1, 0.15) is 6.04 Å². The normalized spacial score (nSPS) is 15.7.